The first kappa shape index (κ1) is 11.7. The largest absolute Gasteiger partial charge is 0.504 e. The summed E-state index contributed by atoms with van der Waals surface area (Å²) in [6.45, 7) is 4.34. The molecule has 0 aromatic rings. The molecule has 1 saturated heterocycles. The van der Waals surface area contributed by atoms with Gasteiger partial charge in [0.1, 0.15) is 0 Å². The summed E-state index contributed by atoms with van der Waals surface area (Å²) in [6.07, 6.45) is 8.52. The number of carbonyl (C=O) groups is 1. The Kier molecular flexibility index (Phi) is 2.29. The van der Waals surface area contributed by atoms with Gasteiger partial charge < -0.3 is 5.11 Å². The van der Waals surface area contributed by atoms with E-state index in [-0.39, 0.29) is 23.0 Å². The van der Waals surface area contributed by atoms with Gasteiger partial charge in [-0.3, -0.25) is 9.69 Å². The highest BCUT2D eigenvalue weighted by Crippen LogP contribution is 2.57. The Labute approximate surface area is 114 Å². The molecule has 4 aliphatic rings. The van der Waals surface area contributed by atoms with Crippen molar-refractivity contribution in [3.8, 4) is 0 Å². The number of aliphatic hydroxyl groups excluding tert-OH is 1. The van der Waals surface area contributed by atoms with Gasteiger partial charge in [-0.15, -0.1) is 0 Å². The van der Waals surface area contributed by atoms with Crippen LogP contribution in [0.2, 0.25) is 0 Å². The Morgan fingerprint density at radius 2 is 2.32 bits per heavy atom. The molecule has 4 unspecified atom stereocenters. The first-order valence-electron chi connectivity index (χ1n) is 7.54. The van der Waals surface area contributed by atoms with Gasteiger partial charge in [-0.05, 0) is 44.1 Å². The summed E-state index contributed by atoms with van der Waals surface area (Å²) in [5, 5.41) is 10.4. The van der Waals surface area contributed by atoms with Gasteiger partial charge in [0, 0.05) is 18.0 Å². The van der Waals surface area contributed by atoms with Gasteiger partial charge in [0.05, 0.1) is 5.54 Å². The number of carbonyl (C=O) groups excluding carboxylic acids is 1. The highest BCUT2D eigenvalue weighted by molar-refractivity contribution is 5.98. The molecule has 3 heteroatoms. The van der Waals surface area contributed by atoms with Crippen LogP contribution in [0, 0.1) is 17.8 Å². The highest BCUT2D eigenvalue weighted by atomic mass is 16.3. The fourth-order valence-electron chi connectivity index (χ4n) is 5.26. The Balaban J connectivity index is 1.98. The van der Waals surface area contributed by atoms with E-state index >= 15 is 0 Å². The van der Waals surface area contributed by atoms with Crippen LogP contribution in [-0.4, -0.2) is 34.4 Å². The van der Waals surface area contributed by atoms with E-state index in [9.17, 15) is 9.90 Å². The van der Waals surface area contributed by atoms with Crippen LogP contribution in [0.25, 0.3) is 0 Å². The second kappa shape index (κ2) is 3.72. The molecule has 1 saturated carbocycles. The number of rotatable bonds is 0. The average molecular weight is 259 g/mol. The van der Waals surface area contributed by atoms with Crippen molar-refractivity contribution >= 4 is 5.78 Å². The molecule has 19 heavy (non-hydrogen) atoms. The lowest BCUT2D eigenvalue weighted by Gasteiger charge is -2.61. The van der Waals surface area contributed by atoms with Crippen LogP contribution in [0.1, 0.15) is 32.6 Å². The maximum atomic E-state index is 12.5. The molecule has 2 aliphatic heterocycles. The van der Waals surface area contributed by atoms with Crippen LogP contribution in [-0.2, 0) is 4.79 Å². The minimum Gasteiger partial charge on any atom is -0.504 e. The zero-order valence-electron chi connectivity index (χ0n) is 11.4. The molecule has 4 atom stereocenters. The molecule has 1 spiro atoms. The highest BCUT2D eigenvalue weighted by Gasteiger charge is 2.60. The van der Waals surface area contributed by atoms with E-state index in [0.29, 0.717) is 11.8 Å². The lowest BCUT2D eigenvalue weighted by atomic mass is 9.52. The van der Waals surface area contributed by atoms with Gasteiger partial charge >= 0.3 is 0 Å². The van der Waals surface area contributed by atoms with E-state index in [0.717, 1.165) is 37.9 Å². The maximum Gasteiger partial charge on any atom is 0.200 e. The maximum absolute atomic E-state index is 12.5. The zero-order valence-corrected chi connectivity index (χ0v) is 11.4. The van der Waals surface area contributed by atoms with Crippen molar-refractivity contribution in [3.63, 3.8) is 0 Å². The zero-order chi connectivity index (χ0) is 13.2. The van der Waals surface area contributed by atoms with Crippen LogP contribution in [0.15, 0.2) is 23.5 Å². The van der Waals surface area contributed by atoms with Gasteiger partial charge in [0.2, 0.25) is 5.78 Å². The van der Waals surface area contributed by atoms with E-state index in [4.69, 9.17) is 0 Å². The summed E-state index contributed by atoms with van der Waals surface area (Å²) < 4.78 is 0. The molecule has 2 fully saturated rings. The molecule has 2 aliphatic carbocycles. The fourth-order valence-corrected chi connectivity index (χ4v) is 5.26. The second-order valence-corrected chi connectivity index (χ2v) is 6.80. The molecule has 0 aromatic carbocycles. The predicted octanol–water partition coefficient (Wildman–Crippen LogP) is 2.45. The van der Waals surface area contributed by atoms with E-state index in [1.54, 1.807) is 0 Å². The number of Topliss-reactive ketones (excluding diaryl/α,β-unsaturated/α-hetero) is 1. The summed E-state index contributed by atoms with van der Waals surface area (Å²) in [5.41, 5.74) is 0.893. The standard InChI is InChI=1S/C16H21NO2/c1-10-8-11-12-4-2-6-17-7-3-5-13(15(19)14(11)18)16(12,17)9-10/h3,5,10-12,19H,2,4,6-9H2,1H3. The number of hydrogen-bond donors (Lipinski definition) is 1. The first-order chi connectivity index (χ1) is 9.14. The van der Waals surface area contributed by atoms with Crippen molar-refractivity contribution in [1.82, 2.24) is 4.90 Å². The van der Waals surface area contributed by atoms with Crippen molar-refractivity contribution in [2.45, 2.75) is 38.1 Å². The fraction of sp³-hybridized carbons (Fsp3) is 0.688. The third-order valence-electron chi connectivity index (χ3n) is 5.82. The van der Waals surface area contributed by atoms with E-state index in [1.165, 1.54) is 6.42 Å². The van der Waals surface area contributed by atoms with Crippen LogP contribution in [0.3, 0.4) is 0 Å². The van der Waals surface area contributed by atoms with E-state index < -0.39 is 0 Å². The number of nitrogens with zero attached hydrogens (tertiary/aromatic N) is 1. The molecule has 0 aromatic heterocycles. The van der Waals surface area contributed by atoms with Crippen LogP contribution in [0.4, 0.5) is 0 Å². The van der Waals surface area contributed by atoms with Gasteiger partial charge in [-0.2, -0.15) is 0 Å². The number of hydrogen-bond acceptors (Lipinski definition) is 3. The van der Waals surface area contributed by atoms with Gasteiger partial charge in [0.25, 0.3) is 0 Å². The van der Waals surface area contributed by atoms with Crippen molar-refractivity contribution in [1.29, 1.82) is 0 Å². The number of aliphatic hydroxyl groups is 1. The van der Waals surface area contributed by atoms with Gasteiger partial charge in [-0.25, -0.2) is 0 Å². The average Bonchev–Trinajstić information content (AvgIpc) is 2.40. The molecule has 0 amide bonds. The second-order valence-electron chi connectivity index (χ2n) is 6.80. The smallest absolute Gasteiger partial charge is 0.200 e. The number of piperidine rings is 1. The Morgan fingerprint density at radius 1 is 1.47 bits per heavy atom. The van der Waals surface area contributed by atoms with Crippen molar-refractivity contribution in [2.75, 3.05) is 13.1 Å². The first-order valence-corrected chi connectivity index (χ1v) is 7.54. The van der Waals surface area contributed by atoms with Gasteiger partial charge in [-0.1, -0.05) is 19.1 Å². The predicted molar refractivity (Wildman–Crippen MR) is 72.7 cm³/mol. The van der Waals surface area contributed by atoms with Gasteiger partial charge in [0.15, 0.2) is 5.76 Å². The lowest BCUT2D eigenvalue weighted by molar-refractivity contribution is -0.136. The summed E-state index contributed by atoms with van der Waals surface area (Å²) in [7, 11) is 0. The molecule has 102 valence electrons. The summed E-state index contributed by atoms with van der Waals surface area (Å²) in [4.78, 5) is 15.0. The Hall–Kier alpha value is -1.09. The Bertz CT molecular complexity index is 507. The summed E-state index contributed by atoms with van der Waals surface area (Å²) in [5.74, 6) is 1.13. The number of allylic oxidation sites excluding steroid dienone is 1. The minimum atomic E-state index is -0.0344. The third kappa shape index (κ3) is 1.29. The molecular weight excluding hydrogens is 238 g/mol. The van der Waals surface area contributed by atoms with Crippen molar-refractivity contribution in [2.24, 2.45) is 17.8 Å². The normalized spacial score (nSPS) is 45.3. The molecule has 1 N–H and O–H groups in total. The molecule has 4 rings (SSSR count). The van der Waals surface area contributed by atoms with Crippen LogP contribution in [0.5, 0.6) is 0 Å². The quantitative estimate of drug-likeness (QED) is 0.726. The third-order valence-corrected chi connectivity index (χ3v) is 5.82. The van der Waals surface area contributed by atoms with Crippen LogP contribution < -0.4 is 0 Å². The monoisotopic (exact) mass is 259 g/mol. The lowest BCUT2D eigenvalue weighted by Crippen LogP contribution is -2.67. The summed E-state index contributed by atoms with van der Waals surface area (Å²) in [6, 6.07) is 0. The summed E-state index contributed by atoms with van der Waals surface area (Å²) >= 11 is 0. The SMILES string of the molecule is CC1CC2C(=O)C(O)=C3C=CCN4CCCC2C34C1. The van der Waals surface area contributed by atoms with Crippen LogP contribution >= 0.6 is 0 Å². The molecular formula is C16H21NO2. The molecule has 2 heterocycles. The van der Waals surface area contributed by atoms with Crippen molar-refractivity contribution in [3.05, 3.63) is 23.5 Å². The molecule has 0 radical (unpaired) electrons. The topological polar surface area (TPSA) is 40.5 Å². The molecule has 3 nitrogen and oxygen atoms in total. The minimum absolute atomic E-state index is 0.00979. The Morgan fingerprint density at radius 3 is 3.16 bits per heavy atom. The van der Waals surface area contributed by atoms with Crippen molar-refractivity contribution < 1.29 is 9.90 Å². The number of ketones is 1. The van der Waals surface area contributed by atoms with E-state index in [1.807, 2.05) is 6.08 Å². The van der Waals surface area contributed by atoms with E-state index in [2.05, 4.69) is 17.9 Å². The molecule has 2 bridgehead atoms.